The molecule has 4 nitrogen and oxygen atoms in total. The van der Waals surface area contributed by atoms with Crippen LogP contribution in [0.15, 0.2) is 29.1 Å². The van der Waals surface area contributed by atoms with Crippen LogP contribution in [0.3, 0.4) is 0 Å². The van der Waals surface area contributed by atoms with Crippen LogP contribution >= 0.6 is 0 Å². The van der Waals surface area contributed by atoms with Crippen molar-refractivity contribution < 1.29 is 0 Å². The highest BCUT2D eigenvalue weighted by atomic mass is 15.0. The van der Waals surface area contributed by atoms with Gasteiger partial charge in [-0.2, -0.15) is 0 Å². The Labute approximate surface area is 82.8 Å². The number of aliphatic imine (C=N–C) groups is 1. The molecule has 0 fully saturated rings. The molecule has 4 heteroatoms. The standard InChI is InChI=1S/C10H12N4/c1-11-9-6-14-8-3-4-13-5-7(8)10(9)12-2/h3-5,11,14H,2,6H2,1H3. The molecule has 0 bridgehead atoms. The van der Waals surface area contributed by atoms with Gasteiger partial charge in [0.25, 0.3) is 0 Å². The summed E-state index contributed by atoms with van der Waals surface area (Å²) in [5.41, 5.74) is 3.98. The van der Waals surface area contributed by atoms with Gasteiger partial charge < -0.3 is 10.6 Å². The quantitative estimate of drug-likeness (QED) is 0.683. The van der Waals surface area contributed by atoms with Crippen molar-refractivity contribution in [1.82, 2.24) is 10.3 Å². The topological polar surface area (TPSA) is 49.3 Å². The van der Waals surface area contributed by atoms with Gasteiger partial charge in [-0.3, -0.25) is 9.98 Å². The number of nitrogens with one attached hydrogen (secondary N) is 2. The molecule has 0 atom stereocenters. The fraction of sp³-hybridized carbons (Fsp3) is 0.200. The third kappa shape index (κ3) is 1.25. The molecule has 0 spiro atoms. The number of pyridine rings is 1. The lowest BCUT2D eigenvalue weighted by molar-refractivity contribution is 0.937. The van der Waals surface area contributed by atoms with Crippen LogP contribution in [0, 0.1) is 0 Å². The summed E-state index contributed by atoms with van der Waals surface area (Å²) >= 11 is 0. The molecule has 1 aromatic heterocycles. The van der Waals surface area contributed by atoms with E-state index in [1.54, 1.807) is 12.4 Å². The summed E-state index contributed by atoms with van der Waals surface area (Å²) in [6.45, 7) is 4.33. The summed E-state index contributed by atoms with van der Waals surface area (Å²) in [6, 6.07) is 1.94. The van der Waals surface area contributed by atoms with Crippen molar-refractivity contribution in [3.63, 3.8) is 0 Å². The first-order valence-electron chi connectivity index (χ1n) is 4.42. The molecule has 2 rings (SSSR count). The zero-order chi connectivity index (χ0) is 9.97. The Bertz CT molecular complexity index is 395. The number of fused-ring (bicyclic) bond motifs is 1. The lowest BCUT2D eigenvalue weighted by Gasteiger charge is -2.21. The van der Waals surface area contributed by atoms with Gasteiger partial charge in [0, 0.05) is 30.7 Å². The van der Waals surface area contributed by atoms with E-state index in [0.29, 0.717) is 0 Å². The summed E-state index contributed by atoms with van der Waals surface area (Å²) in [5, 5.41) is 6.38. The first-order valence-corrected chi connectivity index (χ1v) is 4.42. The monoisotopic (exact) mass is 188 g/mol. The van der Waals surface area contributed by atoms with Gasteiger partial charge in [-0.05, 0) is 12.8 Å². The summed E-state index contributed by atoms with van der Waals surface area (Å²) in [6.07, 6.45) is 3.56. The Morgan fingerprint density at radius 1 is 1.64 bits per heavy atom. The summed E-state index contributed by atoms with van der Waals surface area (Å²) in [5.74, 6) is 0. The number of nitrogens with zero attached hydrogens (tertiary/aromatic N) is 2. The van der Waals surface area contributed by atoms with Gasteiger partial charge in [0.1, 0.15) is 0 Å². The van der Waals surface area contributed by atoms with Gasteiger partial charge >= 0.3 is 0 Å². The normalized spacial score (nSPS) is 14.4. The van der Waals surface area contributed by atoms with Gasteiger partial charge in [-0.1, -0.05) is 0 Å². The highest BCUT2D eigenvalue weighted by Gasteiger charge is 2.16. The third-order valence-corrected chi connectivity index (χ3v) is 2.28. The van der Waals surface area contributed by atoms with Crippen LogP contribution in [0.25, 0.3) is 5.70 Å². The van der Waals surface area contributed by atoms with Gasteiger partial charge in [-0.15, -0.1) is 0 Å². The minimum absolute atomic E-state index is 0.752. The van der Waals surface area contributed by atoms with E-state index < -0.39 is 0 Å². The summed E-state index contributed by atoms with van der Waals surface area (Å²) in [7, 11) is 1.88. The van der Waals surface area contributed by atoms with Crippen molar-refractivity contribution >= 4 is 18.1 Å². The second-order valence-electron chi connectivity index (χ2n) is 3.01. The first-order chi connectivity index (χ1) is 6.86. The summed E-state index contributed by atoms with van der Waals surface area (Å²) in [4.78, 5) is 8.10. The molecule has 1 aliphatic rings. The smallest absolute Gasteiger partial charge is 0.0938 e. The maximum absolute atomic E-state index is 4.08. The first kappa shape index (κ1) is 8.74. The number of anilines is 1. The van der Waals surface area contributed by atoms with E-state index in [-0.39, 0.29) is 0 Å². The Morgan fingerprint density at radius 3 is 3.21 bits per heavy atom. The van der Waals surface area contributed by atoms with Crippen molar-refractivity contribution in [1.29, 1.82) is 0 Å². The number of rotatable bonds is 2. The van der Waals surface area contributed by atoms with E-state index in [4.69, 9.17) is 0 Å². The predicted molar refractivity (Wildman–Crippen MR) is 58.3 cm³/mol. The van der Waals surface area contributed by atoms with Crippen LogP contribution in [0.5, 0.6) is 0 Å². The van der Waals surface area contributed by atoms with Crippen LogP contribution in [0.2, 0.25) is 0 Å². The van der Waals surface area contributed by atoms with Gasteiger partial charge in [-0.25, -0.2) is 0 Å². The molecule has 1 aliphatic heterocycles. The molecule has 14 heavy (non-hydrogen) atoms. The average Bonchev–Trinajstić information content (AvgIpc) is 2.27. The fourth-order valence-electron chi connectivity index (χ4n) is 1.55. The number of likely N-dealkylation sites (N-methyl/N-ethyl adjacent to an activating group) is 1. The van der Waals surface area contributed by atoms with Crippen molar-refractivity contribution in [2.75, 3.05) is 18.9 Å². The number of aromatic nitrogens is 1. The maximum atomic E-state index is 4.08. The minimum Gasteiger partial charge on any atom is -0.388 e. The molecular weight excluding hydrogens is 176 g/mol. The van der Waals surface area contributed by atoms with Crippen LogP contribution in [-0.4, -0.2) is 25.3 Å². The van der Waals surface area contributed by atoms with Gasteiger partial charge in [0.15, 0.2) is 0 Å². The van der Waals surface area contributed by atoms with Gasteiger partial charge in [0.05, 0.1) is 17.9 Å². The molecule has 0 amide bonds. The molecule has 0 unspecified atom stereocenters. The highest BCUT2D eigenvalue weighted by molar-refractivity contribution is 5.81. The zero-order valence-electron chi connectivity index (χ0n) is 8.04. The third-order valence-electron chi connectivity index (χ3n) is 2.28. The zero-order valence-corrected chi connectivity index (χ0v) is 8.04. The van der Waals surface area contributed by atoms with Crippen LogP contribution in [0.1, 0.15) is 5.56 Å². The number of hydrogen-bond donors (Lipinski definition) is 2. The van der Waals surface area contributed by atoms with Crippen molar-refractivity contribution in [3.8, 4) is 0 Å². The lowest BCUT2D eigenvalue weighted by atomic mass is 10.1. The molecule has 0 radical (unpaired) electrons. The Balaban J connectivity index is 2.57. The van der Waals surface area contributed by atoms with Crippen LogP contribution in [0.4, 0.5) is 5.69 Å². The number of hydrogen-bond acceptors (Lipinski definition) is 4. The van der Waals surface area contributed by atoms with E-state index in [1.807, 2.05) is 13.1 Å². The molecule has 72 valence electrons. The Morgan fingerprint density at radius 2 is 2.50 bits per heavy atom. The minimum atomic E-state index is 0.752. The molecule has 0 aromatic carbocycles. The molecule has 2 heterocycles. The maximum Gasteiger partial charge on any atom is 0.0938 e. The Kier molecular flexibility index (Phi) is 2.18. The molecular formula is C10H12N4. The highest BCUT2D eigenvalue weighted by Crippen LogP contribution is 2.29. The van der Waals surface area contributed by atoms with E-state index in [1.165, 1.54) is 0 Å². The van der Waals surface area contributed by atoms with E-state index in [0.717, 1.165) is 29.2 Å². The second-order valence-corrected chi connectivity index (χ2v) is 3.01. The molecule has 1 aromatic rings. The fourth-order valence-corrected chi connectivity index (χ4v) is 1.55. The largest absolute Gasteiger partial charge is 0.388 e. The average molecular weight is 188 g/mol. The van der Waals surface area contributed by atoms with Crippen molar-refractivity contribution in [2.24, 2.45) is 4.99 Å². The summed E-state index contributed by atoms with van der Waals surface area (Å²) < 4.78 is 0. The Hall–Kier alpha value is -1.84. The van der Waals surface area contributed by atoms with E-state index >= 15 is 0 Å². The predicted octanol–water partition coefficient (Wildman–Crippen LogP) is 1.10. The van der Waals surface area contributed by atoms with Crippen molar-refractivity contribution in [2.45, 2.75) is 0 Å². The molecule has 0 aliphatic carbocycles. The SMILES string of the molecule is C=NC1=C(NC)CNc2ccncc21. The van der Waals surface area contributed by atoms with E-state index in [9.17, 15) is 0 Å². The van der Waals surface area contributed by atoms with Gasteiger partial charge in [0.2, 0.25) is 0 Å². The second kappa shape index (κ2) is 3.49. The van der Waals surface area contributed by atoms with E-state index in [2.05, 4.69) is 27.3 Å². The van der Waals surface area contributed by atoms with Crippen LogP contribution in [-0.2, 0) is 0 Å². The molecule has 0 saturated carbocycles. The molecule has 0 saturated heterocycles. The van der Waals surface area contributed by atoms with Crippen LogP contribution < -0.4 is 10.6 Å². The lowest BCUT2D eigenvalue weighted by Crippen LogP contribution is -2.22. The van der Waals surface area contributed by atoms with Crippen molar-refractivity contribution in [3.05, 3.63) is 29.7 Å². The molecule has 2 N–H and O–H groups in total.